The van der Waals surface area contributed by atoms with Crippen LogP contribution in [0.25, 0.3) is 0 Å². The number of hydrogen-bond acceptors (Lipinski definition) is 5. The molecule has 2 aliphatic heterocycles. The first-order chi connectivity index (χ1) is 9.60. The van der Waals surface area contributed by atoms with Crippen molar-refractivity contribution < 1.29 is 0 Å². The molecule has 110 valence electrons. The Hall–Kier alpha value is -1.36. The van der Waals surface area contributed by atoms with Crippen molar-refractivity contribution in [2.75, 3.05) is 30.3 Å². The lowest BCUT2D eigenvalue weighted by atomic mass is 10.1. The SMILES string of the molecule is CCc1nc(N)c(C)c(N2CC3CCCN3CC2C)n1. The average Bonchev–Trinajstić information content (AvgIpc) is 2.88. The number of fused-ring (bicyclic) bond motifs is 1. The predicted molar refractivity (Wildman–Crippen MR) is 82.0 cm³/mol. The molecule has 2 saturated heterocycles. The first kappa shape index (κ1) is 13.6. The zero-order chi connectivity index (χ0) is 14.3. The van der Waals surface area contributed by atoms with Gasteiger partial charge in [-0.1, -0.05) is 6.92 Å². The number of anilines is 2. The maximum atomic E-state index is 6.07. The van der Waals surface area contributed by atoms with Crippen LogP contribution in [0, 0.1) is 6.92 Å². The summed E-state index contributed by atoms with van der Waals surface area (Å²) < 4.78 is 0. The van der Waals surface area contributed by atoms with Crippen LogP contribution < -0.4 is 10.6 Å². The highest BCUT2D eigenvalue weighted by atomic mass is 15.3. The molecule has 2 aliphatic rings. The lowest BCUT2D eigenvalue weighted by molar-refractivity contribution is 0.202. The van der Waals surface area contributed by atoms with Crippen molar-refractivity contribution in [3.8, 4) is 0 Å². The van der Waals surface area contributed by atoms with Crippen molar-refractivity contribution >= 4 is 11.6 Å². The van der Waals surface area contributed by atoms with Crippen LogP contribution in [-0.4, -0.2) is 46.6 Å². The van der Waals surface area contributed by atoms with E-state index >= 15 is 0 Å². The van der Waals surface area contributed by atoms with Gasteiger partial charge in [-0.2, -0.15) is 0 Å². The smallest absolute Gasteiger partial charge is 0.137 e. The molecule has 0 aromatic carbocycles. The number of aromatic nitrogens is 2. The van der Waals surface area contributed by atoms with Gasteiger partial charge in [-0.25, -0.2) is 9.97 Å². The fourth-order valence-corrected chi connectivity index (χ4v) is 3.49. The summed E-state index contributed by atoms with van der Waals surface area (Å²) in [5.74, 6) is 2.53. The summed E-state index contributed by atoms with van der Waals surface area (Å²) >= 11 is 0. The summed E-state index contributed by atoms with van der Waals surface area (Å²) in [5.41, 5.74) is 7.10. The highest BCUT2D eigenvalue weighted by Gasteiger charge is 2.35. The van der Waals surface area contributed by atoms with Gasteiger partial charge in [0.15, 0.2) is 0 Å². The number of rotatable bonds is 2. The van der Waals surface area contributed by atoms with E-state index in [1.54, 1.807) is 0 Å². The molecule has 0 spiro atoms. The molecule has 1 aromatic rings. The van der Waals surface area contributed by atoms with Crippen LogP contribution in [0.15, 0.2) is 0 Å². The normalized spacial score (nSPS) is 26.9. The van der Waals surface area contributed by atoms with E-state index in [1.807, 2.05) is 6.92 Å². The van der Waals surface area contributed by atoms with E-state index in [2.05, 4.69) is 28.6 Å². The summed E-state index contributed by atoms with van der Waals surface area (Å²) in [6, 6.07) is 1.17. The Labute approximate surface area is 121 Å². The molecule has 5 nitrogen and oxygen atoms in total. The van der Waals surface area contributed by atoms with Gasteiger partial charge in [0.2, 0.25) is 0 Å². The second kappa shape index (κ2) is 5.20. The first-order valence-corrected chi connectivity index (χ1v) is 7.73. The van der Waals surface area contributed by atoms with Crippen LogP contribution in [0.1, 0.15) is 38.1 Å². The molecular weight excluding hydrogens is 250 g/mol. The Morgan fingerprint density at radius 3 is 2.85 bits per heavy atom. The number of piperazine rings is 1. The van der Waals surface area contributed by atoms with Crippen molar-refractivity contribution in [1.82, 2.24) is 14.9 Å². The predicted octanol–water partition coefficient (Wildman–Crippen LogP) is 1.60. The minimum absolute atomic E-state index is 0.488. The van der Waals surface area contributed by atoms with Crippen LogP contribution in [-0.2, 0) is 6.42 Å². The molecule has 3 heterocycles. The molecule has 1 aromatic heterocycles. The molecule has 2 fully saturated rings. The van der Waals surface area contributed by atoms with E-state index in [-0.39, 0.29) is 0 Å². The number of nitrogen functional groups attached to an aromatic ring is 1. The molecule has 5 heteroatoms. The lowest BCUT2D eigenvalue weighted by Crippen LogP contribution is -2.55. The minimum Gasteiger partial charge on any atom is -0.383 e. The van der Waals surface area contributed by atoms with Crippen LogP contribution in [0.3, 0.4) is 0 Å². The van der Waals surface area contributed by atoms with Gasteiger partial charge in [0.25, 0.3) is 0 Å². The van der Waals surface area contributed by atoms with Gasteiger partial charge >= 0.3 is 0 Å². The molecule has 2 atom stereocenters. The Bertz CT molecular complexity index is 501. The zero-order valence-electron chi connectivity index (χ0n) is 12.8. The maximum absolute atomic E-state index is 6.07. The molecule has 0 aliphatic carbocycles. The summed E-state index contributed by atoms with van der Waals surface area (Å²) in [4.78, 5) is 14.2. The van der Waals surface area contributed by atoms with Gasteiger partial charge in [0, 0.05) is 37.2 Å². The van der Waals surface area contributed by atoms with Crippen LogP contribution in [0.2, 0.25) is 0 Å². The monoisotopic (exact) mass is 275 g/mol. The van der Waals surface area contributed by atoms with Gasteiger partial charge < -0.3 is 10.6 Å². The molecular formula is C15H25N5. The van der Waals surface area contributed by atoms with E-state index in [4.69, 9.17) is 10.7 Å². The highest BCUT2D eigenvalue weighted by molar-refractivity contribution is 5.57. The molecule has 20 heavy (non-hydrogen) atoms. The Balaban J connectivity index is 1.93. The third kappa shape index (κ3) is 2.24. The number of aryl methyl sites for hydroxylation is 1. The van der Waals surface area contributed by atoms with E-state index in [1.165, 1.54) is 19.4 Å². The third-order valence-electron chi connectivity index (χ3n) is 4.73. The Kier molecular flexibility index (Phi) is 3.54. The van der Waals surface area contributed by atoms with Crippen LogP contribution in [0.4, 0.5) is 11.6 Å². The van der Waals surface area contributed by atoms with E-state index in [0.29, 0.717) is 17.9 Å². The van der Waals surface area contributed by atoms with Crippen molar-refractivity contribution in [3.05, 3.63) is 11.4 Å². The van der Waals surface area contributed by atoms with Crippen molar-refractivity contribution in [3.63, 3.8) is 0 Å². The highest BCUT2D eigenvalue weighted by Crippen LogP contribution is 2.30. The zero-order valence-corrected chi connectivity index (χ0v) is 12.8. The minimum atomic E-state index is 0.488. The van der Waals surface area contributed by atoms with Crippen molar-refractivity contribution in [1.29, 1.82) is 0 Å². The fraction of sp³-hybridized carbons (Fsp3) is 0.733. The van der Waals surface area contributed by atoms with E-state index in [0.717, 1.165) is 36.7 Å². The van der Waals surface area contributed by atoms with Gasteiger partial charge in [-0.3, -0.25) is 4.90 Å². The largest absolute Gasteiger partial charge is 0.383 e. The van der Waals surface area contributed by atoms with Gasteiger partial charge in [0.05, 0.1) is 0 Å². The summed E-state index contributed by atoms with van der Waals surface area (Å²) in [7, 11) is 0. The quantitative estimate of drug-likeness (QED) is 0.888. The number of hydrogen-bond donors (Lipinski definition) is 1. The lowest BCUT2D eigenvalue weighted by Gasteiger charge is -2.43. The summed E-state index contributed by atoms with van der Waals surface area (Å²) in [6.07, 6.45) is 3.47. The fourth-order valence-electron chi connectivity index (χ4n) is 3.49. The molecule has 3 rings (SSSR count). The Morgan fingerprint density at radius 2 is 2.10 bits per heavy atom. The van der Waals surface area contributed by atoms with E-state index < -0.39 is 0 Å². The van der Waals surface area contributed by atoms with Crippen molar-refractivity contribution in [2.24, 2.45) is 0 Å². The second-order valence-electron chi connectivity index (χ2n) is 6.12. The molecule has 2 N–H and O–H groups in total. The average molecular weight is 275 g/mol. The topological polar surface area (TPSA) is 58.3 Å². The van der Waals surface area contributed by atoms with Gasteiger partial charge in [-0.15, -0.1) is 0 Å². The molecule has 2 unspecified atom stereocenters. The van der Waals surface area contributed by atoms with E-state index in [9.17, 15) is 0 Å². The summed E-state index contributed by atoms with van der Waals surface area (Å²) in [6.45, 7) is 9.87. The number of nitrogens with zero attached hydrogens (tertiary/aromatic N) is 4. The summed E-state index contributed by atoms with van der Waals surface area (Å²) in [5, 5.41) is 0. The first-order valence-electron chi connectivity index (χ1n) is 7.73. The standard InChI is InChI=1S/C15H25N5/c1-4-13-17-14(16)11(3)15(18-13)20-9-12-6-5-7-19(12)8-10(20)2/h10,12H,4-9H2,1-3H3,(H2,16,17,18). The molecule has 0 bridgehead atoms. The van der Waals surface area contributed by atoms with Gasteiger partial charge in [-0.05, 0) is 33.2 Å². The maximum Gasteiger partial charge on any atom is 0.137 e. The van der Waals surface area contributed by atoms with Gasteiger partial charge in [0.1, 0.15) is 17.5 Å². The molecule has 0 amide bonds. The number of nitrogens with two attached hydrogens (primary N) is 1. The van der Waals surface area contributed by atoms with Crippen LogP contribution in [0.5, 0.6) is 0 Å². The molecule has 0 saturated carbocycles. The second-order valence-corrected chi connectivity index (χ2v) is 6.12. The van der Waals surface area contributed by atoms with Crippen molar-refractivity contribution in [2.45, 2.75) is 52.1 Å². The Morgan fingerprint density at radius 1 is 1.30 bits per heavy atom. The third-order valence-corrected chi connectivity index (χ3v) is 4.73. The molecule has 0 radical (unpaired) electrons. The van der Waals surface area contributed by atoms with Crippen LogP contribution >= 0.6 is 0 Å².